The van der Waals surface area contributed by atoms with E-state index >= 15 is 0 Å². The summed E-state index contributed by atoms with van der Waals surface area (Å²) in [6.45, 7) is 4.47. The summed E-state index contributed by atoms with van der Waals surface area (Å²) in [5, 5.41) is 11.2. The topological polar surface area (TPSA) is 49.2 Å². The van der Waals surface area contributed by atoms with Gasteiger partial charge >= 0.3 is 6.18 Å². The van der Waals surface area contributed by atoms with Crippen LogP contribution in [0.25, 0.3) is 10.6 Å². The molecule has 2 aromatic heterocycles. The maximum atomic E-state index is 13.5. The zero-order valence-corrected chi connectivity index (χ0v) is 14.5. The summed E-state index contributed by atoms with van der Waals surface area (Å²) in [6, 6.07) is 6.14. The van der Waals surface area contributed by atoms with Gasteiger partial charge in [0.25, 0.3) is 0 Å². The van der Waals surface area contributed by atoms with Crippen molar-refractivity contribution in [1.29, 1.82) is 5.26 Å². The average Bonchev–Trinajstić information content (AvgIpc) is 3.06. The van der Waals surface area contributed by atoms with E-state index in [1.807, 2.05) is 13.8 Å². The Hall–Kier alpha value is -2.11. The van der Waals surface area contributed by atoms with Crippen LogP contribution >= 0.6 is 11.3 Å². The first-order chi connectivity index (χ1) is 11.8. The maximum Gasteiger partial charge on any atom is 0.417 e. The van der Waals surface area contributed by atoms with E-state index in [1.54, 1.807) is 28.5 Å². The molecule has 3 rings (SSSR count). The minimum absolute atomic E-state index is 0.0720. The molecule has 0 bridgehead atoms. The maximum absolute atomic E-state index is 13.5. The first kappa shape index (κ1) is 17.7. The summed E-state index contributed by atoms with van der Waals surface area (Å²) in [5.41, 5.74) is -1.16. The number of nitrogens with zero attached hydrogens (tertiary/aromatic N) is 3. The van der Waals surface area contributed by atoms with Crippen molar-refractivity contribution in [3.05, 3.63) is 34.7 Å². The van der Waals surface area contributed by atoms with E-state index in [0.29, 0.717) is 18.0 Å². The molecule has 1 aliphatic rings. The second kappa shape index (κ2) is 6.65. The number of anilines is 1. The molecule has 2 aromatic rings. The van der Waals surface area contributed by atoms with Crippen LogP contribution in [0.15, 0.2) is 23.6 Å². The monoisotopic (exact) mass is 367 g/mol. The molecule has 0 spiro atoms. The van der Waals surface area contributed by atoms with Crippen LogP contribution in [-0.4, -0.2) is 30.3 Å². The Morgan fingerprint density at radius 3 is 2.52 bits per heavy atom. The number of rotatable bonds is 2. The van der Waals surface area contributed by atoms with Crippen LogP contribution in [0.2, 0.25) is 0 Å². The fourth-order valence-corrected chi connectivity index (χ4v) is 3.68. The molecule has 2 atom stereocenters. The molecule has 1 fully saturated rings. The molecule has 3 heterocycles. The number of morpholine rings is 1. The molecule has 0 aromatic carbocycles. The molecule has 4 nitrogen and oxygen atoms in total. The van der Waals surface area contributed by atoms with Crippen LogP contribution in [0.4, 0.5) is 19.0 Å². The summed E-state index contributed by atoms with van der Waals surface area (Å²) in [6.07, 6.45) is -4.94. The molecule has 0 unspecified atom stereocenters. The normalized spacial score (nSPS) is 21.2. The highest BCUT2D eigenvalue weighted by Gasteiger charge is 2.38. The number of halogens is 3. The summed E-state index contributed by atoms with van der Waals surface area (Å²) in [7, 11) is 0. The Balaban J connectivity index is 2.18. The number of pyridine rings is 1. The van der Waals surface area contributed by atoms with E-state index in [-0.39, 0.29) is 23.7 Å². The van der Waals surface area contributed by atoms with E-state index in [4.69, 9.17) is 4.74 Å². The lowest BCUT2D eigenvalue weighted by Crippen LogP contribution is -2.46. The fourth-order valence-electron chi connectivity index (χ4n) is 3.00. The second-order valence-corrected chi connectivity index (χ2v) is 6.95. The summed E-state index contributed by atoms with van der Waals surface area (Å²) in [5.74, 6) is 0.0720. The SMILES string of the molecule is C[C@@H]1CN(c2nc(-c3cccs3)cc(C(F)(F)F)c2C#N)C[C@@H](C)O1. The van der Waals surface area contributed by atoms with E-state index in [0.717, 1.165) is 6.07 Å². The van der Waals surface area contributed by atoms with Crippen molar-refractivity contribution in [3.63, 3.8) is 0 Å². The number of thiophene rings is 1. The smallest absolute Gasteiger partial charge is 0.372 e. The molecule has 0 aliphatic carbocycles. The quantitative estimate of drug-likeness (QED) is 0.793. The van der Waals surface area contributed by atoms with Gasteiger partial charge in [-0.25, -0.2) is 4.98 Å². The van der Waals surface area contributed by atoms with Gasteiger partial charge in [-0.1, -0.05) is 6.07 Å². The molecule has 1 aliphatic heterocycles. The number of ether oxygens (including phenoxy) is 1. The van der Waals surface area contributed by atoms with Gasteiger partial charge in [0.2, 0.25) is 0 Å². The van der Waals surface area contributed by atoms with Gasteiger partial charge in [0.05, 0.1) is 28.3 Å². The van der Waals surface area contributed by atoms with Gasteiger partial charge in [0.1, 0.15) is 17.5 Å². The zero-order chi connectivity index (χ0) is 18.2. The summed E-state index contributed by atoms with van der Waals surface area (Å²) >= 11 is 1.31. The molecular weight excluding hydrogens is 351 g/mol. The molecule has 0 saturated carbocycles. The van der Waals surface area contributed by atoms with Gasteiger partial charge in [-0.3, -0.25) is 0 Å². The number of aromatic nitrogens is 1. The predicted octanol–water partition coefficient (Wildman–Crippen LogP) is 4.31. The van der Waals surface area contributed by atoms with Crippen LogP contribution in [0.1, 0.15) is 25.0 Å². The van der Waals surface area contributed by atoms with Crippen molar-refractivity contribution in [2.24, 2.45) is 0 Å². The van der Waals surface area contributed by atoms with Gasteiger partial charge in [-0.2, -0.15) is 18.4 Å². The molecule has 25 heavy (non-hydrogen) atoms. The number of alkyl halides is 3. The van der Waals surface area contributed by atoms with Crippen molar-refractivity contribution >= 4 is 17.2 Å². The van der Waals surface area contributed by atoms with Crippen LogP contribution in [-0.2, 0) is 10.9 Å². The van der Waals surface area contributed by atoms with E-state index in [1.165, 1.54) is 11.3 Å². The van der Waals surface area contributed by atoms with Crippen molar-refractivity contribution in [3.8, 4) is 16.6 Å². The minimum Gasteiger partial charge on any atom is -0.372 e. The molecule has 8 heteroatoms. The predicted molar refractivity (Wildman–Crippen MR) is 89.5 cm³/mol. The lowest BCUT2D eigenvalue weighted by atomic mass is 10.1. The Kier molecular flexibility index (Phi) is 4.71. The molecule has 1 saturated heterocycles. The lowest BCUT2D eigenvalue weighted by Gasteiger charge is -2.36. The molecule has 0 amide bonds. The Morgan fingerprint density at radius 2 is 2.00 bits per heavy atom. The van der Waals surface area contributed by atoms with E-state index < -0.39 is 17.3 Å². The van der Waals surface area contributed by atoms with Crippen LogP contribution in [0.5, 0.6) is 0 Å². The van der Waals surface area contributed by atoms with Crippen molar-refractivity contribution in [2.75, 3.05) is 18.0 Å². The van der Waals surface area contributed by atoms with Crippen LogP contribution in [0.3, 0.4) is 0 Å². The van der Waals surface area contributed by atoms with Crippen LogP contribution in [0, 0.1) is 11.3 Å². The summed E-state index contributed by atoms with van der Waals surface area (Å²) in [4.78, 5) is 6.75. The lowest BCUT2D eigenvalue weighted by molar-refractivity contribution is -0.137. The van der Waals surface area contributed by atoms with Crippen molar-refractivity contribution in [1.82, 2.24) is 4.98 Å². The highest BCUT2D eigenvalue weighted by Crippen LogP contribution is 2.39. The molecule has 0 radical (unpaired) electrons. The first-order valence-corrected chi connectivity index (χ1v) is 8.64. The van der Waals surface area contributed by atoms with Crippen LogP contribution < -0.4 is 4.90 Å². The van der Waals surface area contributed by atoms with E-state index in [9.17, 15) is 18.4 Å². The third kappa shape index (κ3) is 3.62. The number of hydrogen-bond acceptors (Lipinski definition) is 5. The van der Waals surface area contributed by atoms with E-state index in [2.05, 4.69) is 4.98 Å². The largest absolute Gasteiger partial charge is 0.417 e. The fraction of sp³-hybridized carbons (Fsp3) is 0.412. The standard InChI is InChI=1S/C17H16F3N3OS/c1-10-8-23(9-11(2)24-10)16-12(7-21)13(17(18,19)20)6-14(22-16)15-4-3-5-25-15/h3-6,10-11H,8-9H2,1-2H3/t10-,11-/m1/s1. The Morgan fingerprint density at radius 1 is 1.32 bits per heavy atom. The third-order valence-electron chi connectivity index (χ3n) is 3.91. The Bertz CT molecular complexity index is 789. The molecule has 0 N–H and O–H groups in total. The molecule has 132 valence electrons. The third-order valence-corrected chi connectivity index (χ3v) is 4.80. The van der Waals surface area contributed by atoms with Crippen molar-refractivity contribution < 1.29 is 17.9 Å². The van der Waals surface area contributed by atoms with Gasteiger partial charge in [-0.05, 0) is 31.4 Å². The Labute approximate surface area is 147 Å². The highest BCUT2D eigenvalue weighted by molar-refractivity contribution is 7.13. The summed E-state index contributed by atoms with van der Waals surface area (Å²) < 4.78 is 46.3. The molecular formula is C17H16F3N3OS. The number of hydrogen-bond donors (Lipinski definition) is 0. The van der Waals surface area contributed by atoms with Gasteiger partial charge in [-0.15, -0.1) is 11.3 Å². The zero-order valence-electron chi connectivity index (χ0n) is 13.7. The highest BCUT2D eigenvalue weighted by atomic mass is 32.1. The van der Waals surface area contributed by atoms with Gasteiger partial charge < -0.3 is 9.64 Å². The second-order valence-electron chi connectivity index (χ2n) is 6.00. The van der Waals surface area contributed by atoms with Crippen molar-refractivity contribution in [2.45, 2.75) is 32.2 Å². The first-order valence-electron chi connectivity index (χ1n) is 7.76. The minimum atomic E-state index is -4.63. The number of nitriles is 1. The average molecular weight is 367 g/mol. The van der Waals surface area contributed by atoms with Gasteiger partial charge in [0, 0.05) is 13.1 Å². The van der Waals surface area contributed by atoms with Gasteiger partial charge in [0.15, 0.2) is 0 Å².